The lowest BCUT2D eigenvalue weighted by molar-refractivity contribution is -0.142. The molecule has 0 spiro atoms. The van der Waals surface area contributed by atoms with Crippen molar-refractivity contribution >= 4 is 11.9 Å². The van der Waals surface area contributed by atoms with Gasteiger partial charge in [-0.15, -0.1) is 0 Å². The fourth-order valence-corrected chi connectivity index (χ4v) is 1.27. The minimum atomic E-state index is -0.360. The molecule has 1 rings (SSSR count). The number of hydrogen-bond acceptors (Lipinski definition) is 3. The summed E-state index contributed by atoms with van der Waals surface area (Å²) in [7, 11) is 1.31. The minimum Gasteiger partial charge on any atom is -0.469 e. The van der Waals surface area contributed by atoms with Gasteiger partial charge < -0.3 is 15.0 Å². The Balaban J connectivity index is 2.09. The van der Waals surface area contributed by atoms with E-state index >= 15 is 0 Å². The number of amides is 1. The number of carbonyl (C=O) groups excluding carboxylic acids is 2. The number of carbonyl (C=O) groups is 2. The molecule has 5 heteroatoms. The molecule has 0 radical (unpaired) electrons. The van der Waals surface area contributed by atoms with Crippen LogP contribution in [0.3, 0.4) is 0 Å². The molecule has 5 nitrogen and oxygen atoms in total. The number of rotatable bonds is 6. The first-order chi connectivity index (χ1) is 7.72. The van der Waals surface area contributed by atoms with Crippen LogP contribution in [0.2, 0.25) is 0 Å². The van der Waals surface area contributed by atoms with Crippen molar-refractivity contribution in [3.8, 4) is 0 Å². The minimum absolute atomic E-state index is 0.124. The number of esters is 1. The predicted molar refractivity (Wildman–Crippen MR) is 58.8 cm³/mol. The Hall–Kier alpha value is -1.78. The molecule has 16 heavy (non-hydrogen) atoms. The predicted octanol–water partition coefficient (Wildman–Crippen LogP) is 0.627. The fourth-order valence-electron chi connectivity index (χ4n) is 1.27. The number of methoxy groups -OCH3 is 1. The Bertz CT molecular complexity index is 333. The van der Waals surface area contributed by atoms with Gasteiger partial charge >= 0.3 is 5.97 Å². The van der Waals surface area contributed by atoms with Gasteiger partial charge in [-0.2, -0.15) is 0 Å². The van der Waals surface area contributed by atoms with Crippen molar-refractivity contribution < 1.29 is 14.3 Å². The number of hydrogen-bond donors (Lipinski definition) is 2. The van der Waals surface area contributed by atoms with E-state index in [0.717, 1.165) is 12.0 Å². The Kier molecular flexibility index (Phi) is 5.11. The van der Waals surface area contributed by atoms with Crippen LogP contribution in [0, 0.1) is 0 Å². The summed E-state index contributed by atoms with van der Waals surface area (Å²) in [5, 5.41) is 2.74. The largest absolute Gasteiger partial charge is 0.469 e. The zero-order valence-corrected chi connectivity index (χ0v) is 9.29. The van der Waals surface area contributed by atoms with Crippen molar-refractivity contribution in [3.63, 3.8) is 0 Å². The summed E-state index contributed by atoms with van der Waals surface area (Å²) in [5.41, 5.74) is 1.15. The zero-order valence-electron chi connectivity index (χ0n) is 9.29. The number of aromatic amines is 1. The molecule has 0 aliphatic rings. The van der Waals surface area contributed by atoms with E-state index in [4.69, 9.17) is 0 Å². The van der Waals surface area contributed by atoms with Gasteiger partial charge in [0.15, 0.2) is 0 Å². The number of aromatic nitrogens is 1. The highest BCUT2D eigenvalue weighted by Crippen LogP contribution is 1.97. The van der Waals surface area contributed by atoms with E-state index in [-0.39, 0.29) is 24.7 Å². The molecule has 0 unspecified atom stereocenters. The smallest absolute Gasteiger partial charge is 0.306 e. The first-order valence-corrected chi connectivity index (χ1v) is 5.17. The van der Waals surface area contributed by atoms with Crippen LogP contribution >= 0.6 is 0 Å². The summed E-state index contributed by atoms with van der Waals surface area (Å²) in [4.78, 5) is 25.0. The summed E-state index contributed by atoms with van der Waals surface area (Å²) in [6.45, 7) is 0.581. The third-order valence-electron chi connectivity index (χ3n) is 2.18. The van der Waals surface area contributed by atoms with Crippen molar-refractivity contribution in [2.45, 2.75) is 19.3 Å². The Morgan fingerprint density at radius 2 is 2.25 bits per heavy atom. The van der Waals surface area contributed by atoms with Crippen molar-refractivity contribution in [2.75, 3.05) is 13.7 Å². The van der Waals surface area contributed by atoms with E-state index in [2.05, 4.69) is 15.0 Å². The van der Waals surface area contributed by atoms with Crippen LogP contribution in [0.1, 0.15) is 18.4 Å². The maximum Gasteiger partial charge on any atom is 0.306 e. The molecule has 88 valence electrons. The third-order valence-corrected chi connectivity index (χ3v) is 2.18. The SMILES string of the molecule is COC(=O)CCC(=O)NCCc1cc[nH]c1. The standard InChI is InChI=1S/C11H16N2O3/c1-16-11(15)3-2-10(14)13-7-5-9-4-6-12-8-9/h4,6,8,12H,2-3,5,7H2,1H3,(H,13,14). The van der Waals surface area contributed by atoms with Crippen molar-refractivity contribution in [3.05, 3.63) is 24.0 Å². The molecule has 0 saturated carbocycles. The lowest BCUT2D eigenvalue weighted by atomic mass is 10.2. The second kappa shape index (κ2) is 6.66. The van der Waals surface area contributed by atoms with Crippen LogP contribution in [0.25, 0.3) is 0 Å². The Morgan fingerprint density at radius 1 is 1.44 bits per heavy atom. The van der Waals surface area contributed by atoms with E-state index < -0.39 is 0 Å². The third kappa shape index (κ3) is 4.63. The normalized spacial score (nSPS) is 9.81. The lowest BCUT2D eigenvalue weighted by Gasteiger charge is -2.03. The molecule has 1 aromatic rings. The molecule has 1 heterocycles. The van der Waals surface area contributed by atoms with Crippen molar-refractivity contribution in [1.29, 1.82) is 0 Å². The molecular formula is C11H16N2O3. The monoisotopic (exact) mass is 224 g/mol. The maximum atomic E-state index is 11.3. The van der Waals surface area contributed by atoms with Crippen LogP contribution in [0.15, 0.2) is 18.5 Å². The highest BCUT2D eigenvalue weighted by atomic mass is 16.5. The topological polar surface area (TPSA) is 71.2 Å². The Labute approximate surface area is 94.2 Å². The van der Waals surface area contributed by atoms with Crippen molar-refractivity contribution in [1.82, 2.24) is 10.3 Å². The quantitative estimate of drug-likeness (QED) is 0.696. The first-order valence-electron chi connectivity index (χ1n) is 5.17. The number of nitrogens with one attached hydrogen (secondary N) is 2. The second-order valence-corrected chi connectivity index (χ2v) is 3.40. The van der Waals surface area contributed by atoms with E-state index in [1.54, 1.807) is 0 Å². The summed E-state index contributed by atoms with van der Waals surface area (Å²) in [5.74, 6) is -0.485. The van der Waals surface area contributed by atoms with Crippen LogP contribution < -0.4 is 5.32 Å². The maximum absolute atomic E-state index is 11.3. The molecule has 1 amide bonds. The number of H-pyrrole nitrogens is 1. The van der Waals surface area contributed by atoms with E-state index in [1.807, 2.05) is 18.5 Å². The Morgan fingerprint density at radius 3 is 2.88 bits per heavy atom. The zero-order chi connectivity index (χ0) is 11.8. The van der Waals surface area contributed by atoms with Gasteiger partial charge in [-0.05, 0) is 18.1 Å². The summed E-state index contributed by atoms with van der Waals surface area (Å²) >= 11 is 0. The molecule has 1 aromatic heterocycles. The average molecular weight is 224 g/mol. The lowest BCUT2D eigenvalue weighted by Crippen LogP contribution is -2.26. The van der Waals surface area contributed by atoms with Gasteiger partial charge in [0.2, 0.25) is 5.91 Å². The molecule has 0 saturated heterocycles. The highest BCUT2D eigenvalue weighted by Gasteiger charge is 2.05. The molecule has 0 aliphatic heterocycles. The van der Waals surface area contributed by atoms with E-state index in [0.29, 0.717) is 6.54 Å². The molecule has 0 fully saturated rings. The molecule has 2 N–H and O–H groups in total. The van der Waals surface area contributed by atoms with E-state index in [1.165, 1.54) is 7.11 Å². The van der Waals surface area contributed by atoms with Gasteiger partial charge in [0.1, 0.15) is 0 Å². The highest BCUT2D eigenvalue weighted by molar-refractivity contribution is 5.81. The van der Waals surface area contributed by atoms with Crippen LogP contribution in [0.4, 0.5) is 0 Å². The van der Waals surface area contributed by atoms with Crippen LogP contribution in [-0.2, 0) is 20.7 Å². The van der Waals surface area contributed by atoms with Crippen LogP contribution in [0.5, 0.6) is 0 Å². The van der Waals surface area contributed by atoms with Crippen molar-refractivity contribution in [2.24, 2.45) is 0 Å². The van der Waals surface area contributed by atoms with Gasteiger partial charge in [0.05, 0.1) is 13.5 Å². The summed E-state index contributed by atoms with van der Waals surface area (Å²) in [6, 6.07) is 1.96. The van der Waals surface area contributed by atoms with Gasteiger partial charge in [-0.1, -0.05) is 0 Å². The van der Waals surface area contributed by atoms with Gasteiger partial charge in [0, 0.05) is 25.4 Å². The summed E-state index contributed by atoms with van der Waals surface area (Å²) < 4.78 is 4.44. The second-order valence-electron chi connectivity index (χ2n) is 3.40. The van der Waals surface area contributed by atoms with Gasteiger partial charge in [-0.3, -0.25) is 9.59 Å². The molecule has 0 bridgehead atoms. The van der Waals surface area contributed by atoms with Gasteiger partial charge in [-0.25, -0.2) is 0 Å². The summed E-state index contributed by atoms with van der Waals surface area (Å²) in [6.07, 6.45) is 4.83. The fraction of sp³-hybridized carbons (Fsp3) is 0.455. The molecular weight excluding hydrogens is 208 g/mol. The first kappa shape index (κ1) is 12.3. The van der Waals surface area contributed by atoms with Gasteiger partial charge in [0.25, 0.3) is 0 Å². The molecule has 0 aromatic carbocycles. The molecule has 0 atom stereocenters. The average Bonchev–Trinajstić information content (AvgIpc) is 2.79. The number of ether oxygens (including phenoxy) is 1. The van der Waals surface area contributed by atoms with E-state index in [9.17, 15) is 9.59 Å². The van der Waals surface area contributed by atoms with Crippen LogP contribution in [-0.4, -0.2) is 30.5 Å². The molecule has 0 aliphatic carbocycles.